The molecule has 2 aromatic rings. The first kappa shape index (κ1) is 12.9. The van der Waals surface area contributed by atoms with Crippen molar-refractivity contribution in [3.05, 3.63) is 40.8 Å². The molecule has 0 amide bonds. The van der Waals surface area contributed by atoms with E-state index in [0.717, 1.165) is 30.2 Å². The van der Waals surface area contributed by atoms with Gasteiger partial charge in [0.15, 0.2) is 0 Å². The van der Waals surface area contributed by atoms with Crippen molar-refractivity contribution in [1.82, 2.24) is 9.88 Å². The normalized spacial score (nSPS) is 10.8. The predicted octanol–water partition coefficient (Wildman–Crippen LogP) is 2.24. The molecule has 0 aliphatic carbocycles. The minimum absolute atomic E-state index is 0.657. The lowest BCUT2D eigenvalue weighted by atomic mass is 10.3. The molecule has 0 spiro atoms. The summed E-state index contributed by atoms with van der Waals surface area (Å²) in [5.74, 6) is 0.853. The molecule has 2 N–H and O–H groups in total. The van der Waals surface area contributed by atoms with Gasteiger partial charge in [-0.1, -0.05) is 0 Å². The number of hydrogen-bond acceptors (Lipinski definition) is 5. The van der Waals surface area contributed by atoms with E-state index in [4.69, 9.17) is 10.5 Å². The molecule has 5 heteroatoms. The Balaban J connectivity index is 1.70. The second kappa shape index (κ2) is 6.37. The third kappa shape index (κ3) is 4.01. The number of nitrogens with two attached hydrogens (primary N) is 1. The Labute approximate surface area is 111 Å². The molecule has 0 radical (unpaired) electrons. The van der Waals surface area contributed by atoms with E-state index >= 15 is 0 Å². The number of nitrogens with zero attached hydrogens (tertiary/aromatic N) is 2. The van der Waals surface area contributed by atoms with E-state index in [-0.39, 0.29) is 0 Å². The number of rotatable bonds is 6. The second-order valence-corrected chi connectivity index (χ2v) is 4.85. The summed E-state index contributed by atoms with van der Waals surface area (Å²) in [6, 6.07) is 7.45. The Morgan fingerprint density at radius 2 is 2.11 bits per heavy atom. The highest BCUT2D eigenvalue weighted by Gasteiger charge is 2.02. The van der Waals surface area contributed by atoms with Crippen LogP contribution in [0, 0.1) is 0 Å². The molecule has 0 aliphatic heterocycles. The van der Waals surface area contributed by atoms with Crippen molar-refractivity contribution < 1.29 is 4.74 Å². The maximum atomic E-state index is 5.64. The largest absolute Gasteiger partial charge is 0.492 e. The van der Waals surface area contributed by atoms with Gasteiger partial charge in [-0.25, -0.2) is 4.98 Å². The number of aromatic nitrogens is 1. The van der Waals surface area contributed by atoms with Crippen LogP contribution in [0.15, 0.2) is 35.2 Å². The molecular weight excluding hydrogens is 246 g/mol. The maximum Gasteiger partial charge on any atom is 0.119 e. The Bertz CT molecular complexity index is 456. The third-order valence-electron chi connectivity index (χ3n) is 2.54. The van der Waals surface area contributed by atoms with Crippen LogP contribution in [0.5, 0.6) is 5.75 Å². The van der Waals surface area contributed by atoms with E-state index in [2.05, 4.69) is 22.3 Å². The molecule has 0 bridgehead atoms. The number of nitrogen functional groups attached to an aromatic ring is 1. The van der Waals surface area contributed by atoms with Gasteiger partial charge in [-0.15, -0.1) is 11.3 Å². The van der Waals surface area contributed by atoms with Gasteiger partial charge in [0.2, 0.25) is 0 Å². The highest BCUT2D eigenvalue weighted by atomic mass is 32.1. The summed E-state index contributed by atoms with van der Waals surface area (Å²) in [7, 11) is 2.06. The molecule has 1 aromatic heterocycles. The van der Waals surface area contributed by atoms with Crippen molar-refractivity contribution in [2.45, 2.75) is 6.54 Å². The van der Waals surface area contributed by atoms with Crippen LogP contribution < -0.4 is 10.5 Å². The van der Waals surface area contributed by atoms with E-state index in [0.29, 0.717) is 6.61 Å². The number of benzene rings is 1. The molecule has 18 heavy (non-hydrogen) atoms. The molecule has 2 rings (SSSR count). The van der Waals surface area contributed by atoms with E-state index in [9.17, 15) is 0 Å². The standard InChI is InChI=1S/C13H17N3OS/c1-16(8-12-9-18-10-15-12)6-7-17-13-4-2-11(14)3-5-13/h2-5,9-10H,6-8,14H2,1H3. The van der Waals surface area contributed by atoms with Gasteiger partial charge >= 0.3 is 0 Å². The van der Waals surface area contributed by atoms with Crippen LogP contribution in [0.4, 0.5) is 5.69 Å². The monoisotopic (exact) mass is 263 g/mol. The van der Waals surface area contributed by atoms with Crippen molar-refractivity contribution in [2.24, 2.45) is 0 Å². The average Bonchev–Trinajstić information content (AvgIpc) is 2.84. The highest BCUT2D eigenvalue weighted by molar-refractivity contribution is 7.07. The van der Waals surface area contributed by atoms with E-state index < -0.39 is 0 Å². The molecule has 0 saturated carbocycles. The summed E-state index contributed by atoms with van der Waals surface area (Å²) in [4.78, 5) is 6.44. The third-order valence-corrected chi connectivity index (χ3v) is 3.17. The fraction of sp³-hybridized carbons (Fsp3) is 0.308. The summed E-state index contributed by atoms with van der Waals surface area (Å²) in [6.45, 7) is 2.38. The number of likely N-dealkylation sites (N-methyl/N-ethyl adjacent to an activating group) is 1. The number of anilines is 1. The van der Waals surface area contributed by atoms with Crippen molar-refractivity contribution in [3.8, 4) is 5.75 Å². The molecule has 0 fully saturated rings. The van der Waals surface area contributed by atoms with Crippen molar-refractivity contribution in [3.63, 3.8) is 0 Å². The highest BCUT2D eigenvalue weighted by Crippen LogP contribution is 2.13. The summed E-state index contributed by atoms with van der Waals surface area (Å²) < 4.78 is 5.64. The Morgan fingerprint density at radius 1 is 1.33 bits per heavy atom. The topological polar surface area (TPSA) is 51.4 Å². The van der Waals surface area contributed by atoms with Gasteiger partial charge in [0.25, 0.3) is 0 Å². The molecule has 0 unspecified atom stereocenters. The van der Waals surface area contributed by atoms with Gasteiger partial charge in [-0.05, 0) is 31.3 Å². The van der Waals surface area contributed by atoms with Gasteiger partial charge in [0.1, 0.15) is 12.4 Å². The lowest BCUT2D eigenvalue weighted by Crippen LogP contribution is -2.24. The van der Waals surface area contributed by atoms with Crippen LogP contribution in [0.3, 0.4) is 0 Å². The fourth-order valence-corrected chi connectivity index (χ4v) is 2.10. The lowest BCUT2D eigenvalue weighted by molar-refractivity contribution is 0.231. The fourth-order valence-electron chi connectivity index (χ4n) is 1.55. The SMILES string of the molecule is CN(CCOc1ccc(N)cc1)Cc1cscn1. The smallest absolute Gasteiger partial charge is 0.119 e. The molecule has 96 valence electrons. The number of hydrogen-bond donors (Lipinski definition) is 1. The molecule has 0 aliphatic rings. The van der Waals surface area contributed by atoms with Crippen LogP contribution in [0.25, 0.3) is 0 Å². The molecule has 0 saturated heterocycles. The van der Waals surface area contributed by atoms with Crippen LogP contribution >= 0.6 is 11.3 Å². The summed E-state index contributed by atoms with van der Waals surface area (Å²) in [5.41, 5.74) is 9.32. The van der Waals surface area contributed by atoms with Gasteiger partial charge < -0.3 is 10.5 Å². The number of ether oxygens (including phenoxy) is 1. The van der Waals surface area contributed by atoms with Crippen LogP contribution in [0.1, 0.15) is 5.69 Å². The van der Waals surface area contributed by atoms with Crippen molar-refractivity contribution >= 4 is 17.0 Å². The Hall–Kier alpha value is -1.59. The summed E-state index contributed by atoms with van der Waals surface area (Å²) in [6.07, 6.45) is 0. The Morgan fingerprint density at radius 3 is 2.78 bits per heavy atom. The van der Waals surface area contributed by atoms with Gasteiger partial charge in [-0.3, -0.25) is 4.90 Å². The average molecular weight is 263 g/mol. The first-order valence-electron chi connectivity index (χ1n) is 5.78. The summed E-state index contributed by atoms with van der Waals surface area (Å²) >= 11 is 1.62. The van der Waals surface area contributed by atoms with Crippen molar-refractivity contribution in [2.75, 3.05) is 25.9 Å². The van der Waals surface area contributed by atoms with Gasteiger partial charge in [-0.2, -0.15) is 0 Å². The van der Waals surface area contributed by atoms with Gasteiger partial charge in [0.05, 0.1) is 11.2 Å². The minimum Gasteiger partial charge on any atom is -0.492 e. The van der Waals surface area contributed by atoms with E-state index in [1.165, 1.54) is 0 Å². The Kier molecular flexibility index (Phi) is 4.55. The van der Waals surface area contributed by atoms with Gasteiger partial charge in [0, 0.05) is 24.2 Å². The zero-order chi connectivity index (χ0) is 12.8. The second-order valence-electron chi connectivity index (χ2n) is 4.14. The first-order valence-corrected chi connectivity index (χ1v) is 6.72. The first-order chi connectivity index (χ1) is 8.74. The van der Waals surface area contributed by atoms with Crippen LogP contribution in [-0.4, -0.2) is 30.1 Å². The zero-order valence-electron chi connectivity index (χ0n) is 10.4. The van der Waals surface area contributed by atoms with E-state index in [1.54, 1.807) is 11.3 Å². The summed E-state index contributed by atoms with van der Waals surface area (Å²) in [5, 5.41) is 2.07. The number of thiazole rings is 1. The molecular formula is C13H17N3OS. The maximum absolute atomic E-state index is 5.64. The van der Waals surface area contributed by atoms with Crippen LogP contribution in [-0.2, 0) is 6.54 Å². The van der Waals surface area contributed by atoms with Crippen LogP contribution in [0.2, 0.25) is 0 Å². The molecule has 0 atom stereocenters. The molecule has 4 nitrogen and oxygen atoms in total. The predicted molar refractivity (Wildman–Crippen MR) is 74.8 cm³/mol. The molecule has 1 heterocycles. The quantitative estimate of drug-likeness (QED) is 0.812. The zero-order valence-corrected chi connectivity index (χ0v) is 11.2. The van der Waals surface area contributed by atoms with E-state index in [1.807, 2.05) is 29.8 Å². The minimum atomic E-state index is 0.657. The lowest BCUT2D eigenvalue weighted by Gasteiger charge is -2.15. The van der Waals surface area contributed by atoms with Crippen molar-refractivity contribution in [1.29, 1.82) is 0 Å². The molecule has 1 aromatic carbocycles.